The van der Waals surface area contributed by atoms with E-state index in [0.29, 0.717) is 10.8 Å². The number of hydrogen-bond acceptors (Lipinski definition) is 5. The van der Waals surface area contributed by atoms with Crippen molar-refractivity contribution in [1.29, 1.82) is 0 Å². The van der Waals surface area contributed by atoms with Crippen molar-refractivity contribution in [1.82, 2.24) is 0 Å². The van der Waals surface area contributed by atoms with Crippen LogP contribution in [0.3, 0.4) is 0 Å². The summed E-state index contributed by atoms with van der Waals surface area (Å²) in [6, 6.07) is 8.32. The molecule has 118 valence electrons. The van der Waals surface area contributed by atoms with Crippen LogP contribution in [0.25, 0.3) is 0 Å². The Morgan fingerprint density at radius 3 is 2.14 bits per heavy atom. The van der Waals surface area contributed by atoms with Gasteiger partial charge >= 0.3 is 10.1 Å². The highest BCUT2D eigenvalue weighted by atomic mass is 35.5. The molecule has 0 radical (unpaired) electrons. The standard InChI is InChI=1S/C14H12Cl2O5S/c1-19-13-6-4-10(8-14(13)20-2)22(17,18)21-9-3-5-11(15)12(16)7-9/h3-8H,1-2H3. The average molecular weight is 363 g/mol. The van der Waals surface area contributed by atoms with Gasteiger partial charge in [0.25, 0.3) is 0 Å². The van der Waals surface area contributed by atoms with Crippen LogP contribution < -0.4 is 13.7 Å². The largest absolute Gasteiger partial charge is 0.493 e. The van der Waals surface area contributed by atoms with Crippen molar-refractivity contribution in [3.63, 3.8) is 0 Å². The Balaban J connectivity index is 2.35. The Kier molecular flexibility index (Phi) is 5.05. The van der Waals surface area contributed by atoms with Crippen LogP contribution in [0.5, 0.6) is 17.2 Å². The average Bonchev–Trinajstić information content (AvgIpc) is 2.50. The number of methoxy groups -OCH3 is 2. The number of rotatable bonds is 5. The highest BCUT2D eigenvalue weighted by Crippen LogP contribution is 2.32. The van der Waals surface area contributed by atoms with Crippen molar-refractivity contribution in [3.05, 3.63) is 46.4 Å². The van der Waals surface area contributed by atoms with Crippen LogP contribution >= 0.6 is 23.2 Å². The van der Waals surface area contributed by atoms with E-state index in [0.717, 1.165) is 0 Å². The summed E-state index contributed by atoms with van der Waals surface area (Å²) in [5.41, 5.74) is 0. The van der Waals surface area contributed by atoms with Gasteiger partial charge in [0.05, 0.1) is 24.3 Å². The monoisotopic (exact) mass is 362 g/mol. The van der Waals surface area contributed by atoms with Gasteiger partial charge in [0.15, 0.2) is 11.5 Å². The van der Waals surface area contributed by atoms with Gasteiger partial charge in [-0.1, -0.05) is 23.2 Å². The summed E-state index contributed by atoms with van der Waals surface area (Å²) in [6.45, 7) is 0. The second-order valence-electron chi connectivity index (χ2n) is 4.13. The highest BCUT2D eigenvalue weighted by molar-refractivity contribution is 7.87. The van der Waals surface area contributed by atoms with Crippen molar-refractivity contribution in [3.8, 4) is 17.2 Å². The molecule has 0 fully saturated rings. The third-order valence-corrected chi connectivity index (χ3v) is 4.72. The fraction of sp³-hybridized carbons (Fsp3) is 0.143. The van der Waals surface area contributed by atoms with E-state index in [2.05, 4.69) is 0 Å². The molecule has 0 saturated heterocycles. The van der Waals surface area contributed by atoms with Crippen LogP contribution in [0.15, 0.2) is 41.3 Å². The number of halogens is 2. The summed E-state index contributed by atoms with van der Waals surface area (Å²) < 4.78 is 39.7. The minimum Gasteiger partial charge on any atom is -0.493 e. The molecule has 0 aromatic heterocycles. The Bertz CT molecular complexity index is 790. The summed E-state index contributed by atoms with van der Waals surface area (Å²) in [7, 11) is -1.17. The molecule has 0 bridgehead atoms. The molecule has 0 amide bonds. The first-order chi connectivity index (χ1) is 10.4. The number of benzene rings is 2. The van der Waals surface area contributed by atoms with E-state index in [-0.39, 0.29) is 21.4 Å². The van der Waals surface area contributed by atoms with Gasteiger partial charge in [-0.25, -0.2) is 0 Å². The molecule has 0 unspecified atom stereocenters. The van der Waals surface area contributed by atoms with Gasteiger partial charge in [-0.3, -0.25) is 0 Å². The van der Waals surface area contributed by atoms with Crippen molar-refractivity contribution in [2.24, 2.45) is 0 Å². The maximum Gasteiger partial charge on any atom is 0.339 e. The van der Waals surface area contributed by atoms with E-state index in [1.54, 1.807) is 0 Å². The Morgan fingerprint density at radius 2 is 1.55 bits per heavy atom. The molecule has 0 heterocycles. The molecule has 0 N–H and O–H groups in total. The fourth-order valence-corrected chi connectivity index (χ4v) is 2.90. The molecule has 0 aliphatic carbocycles. The molecule has 0 saturated carbocycles. The Labute approximate surface area is 138 Å². The first-order valence-corrected chi connectivity index (χ1v) is 8.15. The normalized spacial score (nSPS) is 11.1. The topological polar surface area (TPSA) is 61.8 Å². The van der Waals surface area contributed by atoms with Crippen LogP contribution in [0.2, 0.25) is 10.0 Å². The third kappa shape index (κ3) is 3.58. The maximum atomic E-state index is 12.3. The van der Waals surface area contributed by atoms with Crippen LogP contribution in [-0.4, -0.2) is 22.6 Å². The van der Waals surface area contributed by atoms with Crippen molar-refractivity contribution < 1.29 is 22.1 Å². The zero-order chi connectivity index (χ0) is 16.3. The number of ether oxygens (including phenoxy) is 2. The van der Waals surface area contributed by atoms with Crippen molar-refractivity contribution in [2.45, 2.75) is 4.90 Å². The summed E-state index contributed by atoms with van der Waals surface area (Å²) in [5.74, 6) is 0.751. The predicted octanol–water partition coefficient (Wildman–Crippen LogP) is 3.78. The van der Waals surface area contributed by atoms with Crippen LogP contribution in [0.1, 0.15) is 0 Å². The minimum atomic E-state index is -4.04. The zero-order valence-electron chi connectivity index (χ0n) is 11.7. The van der Waals surface area contributed by atoms with Crippen LogP contribution in [0.4, 0.5) is 0 Å². The molecule has 5 nitrogen and oxygen atoms in total. The molecule has 2 aromatic carbocycles. The molecule has 0 atom stereocenters. The first kappa shape index (κ1) is 16.7. The van der Waals surface area contributed by atoms with E-state index in [1.165, 1.54) is 50.6 Å². The van der Waals surface area contributed by atoms with Crippen LogP contribution in [-0.2, 0) is 10.1 Å². The van der Waals surface area contributed by atoms with Gasteiger partial charge in [0, 0.05) is 12.1 Å². The molecule has 2 rings (SSSR count). The fourth-order valence-electron chi connectivity index (χ4n) is 1.68. The van der Waals surface area contributed by atoms with Crippen molar-refractivity contribution >= 4 is 33.3 Å². The lowest BCUT2D eigenvalue weighted by molar-refractivity contribution is 0.353. The summed E-state index contributed by atoms with van der Waals surface area (Å²) in [5, 5.41) is 0.499. The van der Waals surface area contributed by atoms with Gasteiger partial charge in [0.2, 0.25) is 0 Å². The van der Waals surface area contributed by atoms with E-state index >= 15 is 0 Å². The molecule has 0 aliphatic rings. The second kappa shape index (κ2) is 6.64. The molecule has 0 aliphatic heterocycles. The molecule has 2 aromatic rings. The van der Waals surface area contributed by atoms with E-state index in [4.69, 9.17) is 36.9 Å². The van der Waals surface area contributed by atoms with Crippen molar-refractivity contribution in [2.75, 3.05) is 14.2 Å². The number of hydrogen-bond donors (Lipinski definition) is 0. The lowest BCUT2D eigenvalue weighted by Crippen LogP contribution is -2.10. The van der Waals surface area contributed by atoms with Gasteiger partial charge in [0.1, 0.15) is 10.6 Å². The van der Waals surface area contributed by atoms with Crippen LogP contribution in [0, 0.1) is 0 Å². The minimum absolute atomic E-state index is 0.0594. The molecule has 22 heavy (non-hydrogen) atoms. The van der Waals surface area contributed by atoms with E-state index < -0.39 is 10.1 Å². The van der Waals surface area contributed by atoms with Gasteiger partial charge in [-0.15, -0.1) is 0 Å². The third-order valence-electron chi connectivity index (χ3n) is 2.74. The predicted molar refractivity (Wildman–Crippen MR) is 83.8 cm³/mol. The molecule has 8 heteroatoms. The van der Waals surface area contributed by atoms with Gasteiger partial charge < -0.3 is 13.7 Å². The van der Waals surface area contributed by atoms with E-state index in [1.807, 2.05) is 0 Å². The summed E-state index contributed by atoms with van der Waals surface area (Å²) >= 11 is 11.6. The Hall–Kier alpha value is -1.63. The highest BCUT2D eigenvalue weighted by Gasteiger charge is 2.19. The van der Waals surface area contributed by atoms with Gasteiger partial charge in [-0.2, -0.15) is 8.42 Å². The second-order valence-corrected chi connectivity index (χ2v) is 6.49. The molecule has 0 spiro atoms. The van der Waals surface area contributed by atoms with E-state index in [9.17, 15) is 8.42 Å². The smallest absolute Gasteiger partial charge is 0.339 e. The summed E-state index contributed by atoms with van der Waals surface area (Å²) in [6.07, 6.45) is 0. The lowest BCUT2D eigenvalue weighted by atomic mass is 10.3. The van der Waals surface area contributed by atoms with Gasteiger partial charge in [-0.05, 0) is 24.3 Å². The maximum absolute atomic E-state index is 12.3. The summed E-state index contributed by atoms with van der Waals surface area (Å²) in [4.78, 5) is -0.0729. The molecular formula is C14H12Cl2O5S. The quantitative estimate of drug-likeness (QED) is 0.757. The SMILES string of the molecule is COc1ccc(S(=O)(=O)Oc2ccc(Cl)c(Cl)c2)cc1OC. The Morgan fingerprint density at radius 1 is 0.864 bits per heavy atom. The zero-order valence-corrected chi connectivity index (χ0v) is 14.0. The first-order valence-electron chi connectivity index (χ1n) is 5.99. The lowest BCUT2D eigenvalue weighted by Gasteiger charge is -2.11. The molecular weight excluding hydrogens is 351 g/mol.